The van der Waals surface area contributed by atoms with Gasteiger partial charge in [-0.3, -0.25) is 4.79 Å². The van der Waals surface area contributed by atoms with E-state index in [9.17, 15) is 35.1 Å². The van der Waals surface area contributed by atoms with Crippen molar-refractivity contribution in [1.29, 1.82) is 0 Å². The van der Waals surface area contributed by atoms with Gasteiger partial charge >= 0.3 is 5.97 Å². The van der Waals surface area contributed by atoms with Gasteiger partial charge in [0.1, 0.15) is 36.8 Å². The van der Waals surface area contributed by atoms with Gasteiger partial charge in [-0.05, 0) is 24.6 Å². The molecule has 0 amide bonds. The van der Waals surface area contributed by atoms with E-state index in [-0.39, 0.29) is 12.4 Å². The predicted octanol–water partition coefficient (Wildman–Crippen LogP) is -1.12. The van der Waals surface area contributed by atoms with Crippen LogP contribution in [0.4, 0.5) is 0 Å². The highest BCUT2D eigenvalue weighted by Crippen LogP contribution is 2.25. The molecule has 1 unspecified atom stereocenters. The first-order valence-electron chi connectivity index (χ1n) is 9.49. The number of Topliss-reactive ketones (excluding diaryl/α,β-unsaturated/α-hetero) is 1. The van der Waals surface area contributed by atoms with E-state index in [0.717, 1.165) is 6.92 Å². The summed E-state index contributed by atoms with van der Waals surface area (Å²) < 4.78 is 15.8. The molecule has 5 N–H and O–H groups in total. The van der Waals surface area contributed by atoms with Crippen molar-refractivity contribution in [2.45, 2.75) is 63.7 Å². The summed E-state index contributed by atoms with van der Waals surface area (Å²) in [4.78, 5) is 23.8. The van der Waals surface area contributed by atoms with Crippen LogP contribution in [0.3, 0.4) is 0 Å². The summed E-state index contributed by atoms with van der Waals surface area (Å²) >= 11 is 0. The Morgan fingerprint density at radius 1 is 1.10 bits per heavy atom. The third-order valence-corrected chi connectivity index (χ3v) is 5.08. The molecule has 1 aliphatic heterocycles. The van der Waals surface area contributed by atoms with Gasteiger partial charge in [-0.25, -0.2) is 4.79 Å². The van der Waals surface area contributed by atoms with Crippen molar-refractivity contribution in [3.05, 3.63) is 29.8 Å². The van der Waals surface area contributed by atoms with Gasteiger partial charge in [-0.2, -0.15) is 0 Å². The Morgan fingerprint density at radius 2 is 1.70 bits per heavy atom. The van der Waals surface area contributed by atoms with Gasteiger partial charge in [-0.15, -0.1) is 0 Å². The Kier molecular flexibility index (Phi) is 7.92. The summed E-state index contributed by atoms with van der Waals surface area (Å²) in [6, 6.07) is 6.08. The Hall–Kier alpha value is -2.08. The van der Waals surface area contributed by atoms with Crippen molar-refractivity contribution in [1.82, 2.24) is 0 Å². The molecule has 1 fully saturated rings. The van der Waals surface area contributed by atoms with Crippen LogP contribution in [0.25, 0.3) is 0 Å². The molecule has 0 radical (unpaired) electrons. The molecule has 10 heteroatoms. The molecule has 0 bridgehead atoms. The van der Waals surface area contributed by atoms with Crippen molar-refractivity contribution in [3.8, 4) is 5.75 Å². The average molecular weight is 428 g/mol. The van der Waals surface area contributed by atoms with Crippen molar-refractivity contribution in [2.24, 2.45) is 5.92 Å². The van der Waals surface area contributed by atoms with Crippen molar-refractivity contribution in [3.63, 3.8) is 0 Å². The minimum atomic E-state index is -2.22. The van der Waals surface area contributed by atoms with Crippen LogP contribution < -0.4 is 4.74 Å². The van der Waals surface area contributed by atoms with Crippen molar-refractivity contribution < 1.29 is 49.3 Å². The van der Waals surface area contributed by atoms with Gasteiger partial charge in [0, 0.05) is 5.92 Å². The fraction of sp³-hybridized carbons (Fsp3) is 0.600. The van der Waals surface area contributed by atoms with E-state index >= 15 is 0 Å². The molecule has 10 nitrogen and oxygen atoms in total. The molecule has 0 saturated carbocycles. The number of esters is 1. The van der Waals surface area contributed by atoms with Crippen LogP contribution in [0.2, 0.25) is 0 Å². The van der Waals surface area contributed by atoms with Gasteiger partial charge in [0.05, 0.1) is 6.61 Å². The maximum atomic E-state index is 12.2. The van der Waals surface area contributed by atoms with Crippen LogP contribution >= 0.6 is 0 Å². The summed E-state index contributed by atoms with van der Waals surface area (Å²) in [6.07, 6.45) is -6.99. The quantitative estimate of drug-likeness (QED) is 0.253. The zero-order valence-electron chi connectivity index (χ0n) is 17.0. The molecule has 6 atom stereocenters. The number of ether oxygens (including phenoxy) is 3. The van der Waals surface area contributed by atoms with E-state index < -0.39 is 60.6 Å². The zero-order valence-corrected chi connectivity index (χ0v) is 17.0. The van der Waals surface area contributed by atoms with Crippen LogP contribution in [0.1, 0.15) is 26.3 Å². The summed E-state index contributed by atoms with van der Waals surface area (Å²) in [5, 5.41) is 49.1. The molecule has 1 aromatic rings. The lowest BCUT2D eigenvalue weighted by atomic mass is 9.87. The fourth-order valence-electron chi connectivity index (χ4n) is 3.01. The molecule has 1 heterocycles. The van der Waals surface area contributed by atoms with E-state index in [4.69, 9.17) is 14.2 Å². The van der Waals surface area contributed by atoms with Crippen LogP contribution in [0.15, 0.2) is 24.3 Å². The van der Waals surface area contributed by atoms with Gasteiger partial charge in [0.25, 0.3) is 0 Å². The Labute approximate surface area is 173 Å². The summed E-state index contributed by atoms with van der Waals surface area (Å²) in [5.41, 5.74) is -1.68. The number of rotatable bonds is 8. The Bertz CT molecular complexity index is 732. The van der Waals surface area contributed by atoms with E-state index in [1.54, 1.807) is 12.1 Å². The molecule has 168 valence electrons. The van der Waals surface area contributed by atoms with Crippen LogP contribution in [0, 0.1) is 5.92 Å². The third-order valence-electron chi connectivity index (χ3n) is 5.08. The van der Waals surface area contributed by atoms with Crippen LogP contribution in [0.5, 0.6) is 5.75 Å². The van der Waals surface area contributed by atoms with E-state index in [1.807, 2.05) is 0 Å². The summed E-state index contributed by atoms with van der Waals surface area (Å²) in [7, 11) is 0. The summed E-state index contributed by atoms with van der Waals surface area (Å²) in [6.45, 7) is 3.42. The number of aliphatic hydroxyl groups excluding tert-OH is 4. The highest BCUT2D eigenvalue weighted by atomic mass is 16.7. The van der Waals surface area contributed by atoms with Crippen molar-refractivity contribution in [2.75, 3.05) is 6.61 Å². The van der Waals surface area contributed by atoms with Crippen LogP contribution in [-0.4, -0.2) is 80.2 Å². The minimum Gasteiger partial charge on any atom is -0.462 e. The lowest BCUT2D eigenvalue weighted by molar-refractivity contribution is -0.277. The number of hydrogen-bond acceptors (Lipinski definition) is 10. The first-order valence-corrected chi connectivity index (χ1v) is 9.49. The third kappa shape index (κ3) is 4.97. The molecule has 1 aliphatic rings. The van der Waals surface area contributed by atoms with Crippen molar-refractivity contribution >= 4 is 11.8 Å². The normalized spacial score (nSPS) is 28.6. The van der Waals surface area contributed by atoms with E-state index in [2.05, 4.69) is 0 Å². The topological polar surface area (TPSA) is 163 Å². The van der Waals surface area contributed by atoms with Crippen LogP contribution in [-0.2, 0) is 25.7 Å². The largest absolute Gasteiger partial charge is 0.462 e. The molecule has 30 heavy (non-hydrogen) atoms. The Balaban J connectivity index is 1.98. The monoisotopic (exact) mass is 428 g/mol. The van der Waals surface area contributed by atoms with Gasteiger partial charge in [0.15, 0.2) is 5.78 Å². The first-order chi connectivity index (χ1) is 14.0. The Morgan fingerprint density at radius 3 is 2.20 bits per heavy atom. The maximum absolute atomic E-state index is 12.2. The fourth-order valence-corrected chi connectivity index (χ4v) is 3.01. The molecule has 0 aliphatic carbocycles. The second kappa shape index (κ2) is 9.82. The first kappa shape index (κ1) is 24.2. The second-order valence-corrected chi connectivity index (χ2v) is 7.51. The highest BCUT2D eigenvalue weighted by Gasteiger charge is 2.46. The number of hydrogen-bond donors (Lipinski definition) is 5. The number of benzene rings is 1. The van der Waals surface area contributed by atoms with E-state index in [0.29, 0.717) is 5.56 Å². The lowest BCUT2D eigenvalue weighted by Gasteiger charge is -2.39. The average Bonchev–Trinajstić information content (AvgIpc) is 2.72. The summed E-state index contributed by atoms with van der Waals surface area (Å²) in [5.74, 6) is -2.15. The molecule has 0 aromatic heterocycles. The lowest BCUT2D eigenvalue weighted by Crippen LogP contribution is -2.60. The van der Waals surface area contributed by atoms with E-state index in [1.165, 1.54) is 26.0 Å². The van der Waals surface area contributed by atoms with Gasteiger partial charge in [-0.1, -0.05) is 26.0 Å². The second-order valence-electron chi connectivity index (χ2n) is 7.51. The predicted molar refractivity (Wildman–Crippen MR) is 101 cm³/mol. The zero-order chi connectivity index (χ0) is 22.6. The maximum Gasteiger partial charge on any atom is 0.346 e. The molecule has 1 aromatic carbocycles. The number of carbonyl (C=O) groups excluding carboxylic acids is 2. The number of aliphatic hydroxyl groups is 5. The standard InChI is InChI=1S/C20H28O10/c1-10(2)20(27,11(3)22)19(26)28-9-12-4-6-13(7-5-12)29-18-17(25)16(24)15(23)14(8-21)30-18/h4-7,10,14-18,21,23-25,27H,8-9H2,1-3H3/t14-,15-,16+,17-,18-,20?/m1/s1. The highest BCUT2D eigenvalue weighted by molar-refractivity contribution is 6.06. The smallest absolute Gasteiger partial charge is 0.346 e. The van der Waals surface area contributed by atoms with Gasteiger partial charge in [0.2, 0.25) is 11.9 Å². The molecular formula is C20H28O10. The molecular weight excluding hydrogens is 400 g/mol. The molecule has 0 spiro atoms. The SMILES string of the molecule is CC(=O)C(O)(C(=O)OCc1ccc(O[C@@H]2O[C@H](CO)[C@@H](O)[C@H](O)[C@H]2O)cc1)C(C)C. The molecule has 2 rings (SSSR count). The van der Waals surface area contributed by atoms with Gasteiger partial charge < -0.3 is 39.7 Å². The minimum absolute atomic E-state index is 0.193. The number of ketones is 1. The molecule has 1 saturated heterocycles. The number of carbonyl (C=O) groups is 2.